The minimum Gasteiger partial charge on any atom is -0.444 e. The molecule has 1 amide bonds. The maximum absolute atomic E-state index is 11.9. The molecule has 128 valence electrons. The lowest BCUT2D eigenvalue weighted by Gasteiger charge is -2.19. The molecule has 2 aromatic carbocycles. The largest absolute Gasteiger partial charge is 0.444 e. The molecule has 0 saturated carbocycles. The number of amides is 1. The van der Waals surface area contributed by atoms with E-state index in [1.807, 2.05) is 69.3 Å². The topological polar surface area (TPSA) is 77.2 Å². The van der Waals surface area contributed by atoms with Crippen molar-refractivity contribution in [1.82, 2.24) is 4.98 Å². The van der Waals surface area contributed by atoms with Gasteiger partial charge in [-0.25, -0.2) is 9.78 Å². The Morgan fingerprint density at radius 3 is 2.48 bits per heavy atom. The minimum atomic E-state index is -0.544. The molecule has 3 N–H and O–H groups in total. The predicted molar refractivity (Wildman–Crippen MR) is 101 cm³/mol. The van der Waals surface area contributed by atoms with Gasteiger partial charge in [0.05, 0.1) is 5.52 Å². The van der Waals surface area contributed by atoms with Gasteiger partial charge in [-0.05, 0) is 50.6 Å². The van der Waals surface area contributed by atoms with Gasteiger partial charge in [0, 0.05) is 16.6 Å². The Hall–Kier alpha value is -3.08. The van der Waals surface area contributed by atoms with E-state index in [0.717, 1.165) is 22.0 Å². The predicted octanol–water partition coefficient (Wildman–Crippen LogP) is 4.83. The third kappa shape index (κ3) is 4.07. The second kappa shape index (κ2) is 6.43. The molecule has 0 spiro atoms. The number of rotatable bonds is 2. The van der Waals surface area contributed by atoms with E-state index in [0.29, 0.717) is 11.5 Å². The number of carbonyl (C=O) groups is 1. The van der Waals surface area contributed by atoms with E-state index in [-0.39, 0.29) is 0 Å². The maximum Gasteiger partial charge on any atom is 0.412 e. The van der Waals surface area contributed by atoms with E-state index < -0.39 is 11.7 Å². The number of hydrogen-bond acceptors (Lipinski definition) is 4. The van der Waals surface area contributed by atoms with Crippen LogP contribution in [0.2, 0.25) is 0 Å². The Kier molecular flexibility index (Phi) is 4.31. The smallest absolute Gasteiger partial charge is 0.412 e. The number of nitrogens with one attached hydrogen (secondary N) is 1. The highest BCUT2D eigenvalue weighted by atomic mass is 16.6. The van der Waals surface area contributed by atoms with E-state index >= 15 is 0 Å². The van der Waals surface area contributed by atoms with Gasteiger partial charge in [-0.15, -0.1) is 0 Å². The summed E-state index contributed by atoms with van der Waals surface area (Å²) in [4.78, 5) is 16.4. The van der Waals surface area contributed by atoms with Crippen LogP contribution >= 0.6 is 0 Å². The average Bonchev–Trinajstić information content (AvgIpc) is 2.53. The summed E-state index contributed by atoms with van der Waals surface area (Å²) in [6.07, 6.45) is -0.487. The fraction of sp³-hybridized carbons (Fsp3) is 0.200. The lowest BCUT2D eigenvalue weighted by molar-refractivity contribution is 0.0636. The monoisotopic (exact) mass is 335 g/mol. The number of fused-ring (bicyclic) bond motifs is 1. The van der Waals surface area contributed by atoms with Crippen LogP contribution in [0, 0.1) is 0 Å². The fourth-order valence-corrected chi connectivity index (χ4v) is 2.54. The Morgan fingerprint density at radius 2 is 1.80 bits per heavy atom. The number of nitrogen functional groups attached to an aromatic ring is 1. The van der Waals surface area contributed by atoms with Crippen LogP contribution in [0.4, 0.5) is 16.3 Å². The first-order valence-electron chi connectivity index (χ1n) is 8.07. The summed E-state index contributed by atoms with van der Waals surface area (Å²) in [6, 6.07) is 17.3. The van der Waals surface area contributed by atoms with Gasteiger partial charge in [-0.2, -0.15) is 0 Å². The van der Waals surface area contributed by atoms with Crippen molar-refractivity contribution in [3.05, 3.63) is 54.6 Å². The number of hydrogen-bond donors (Lipinski definition) is 2. The Balaban J connectivity index is 1.94. The molecule has 3 rings (SSSR count). The number of nitrogens with two attached hydrogens (primary N) is 1. The summed E-state index contributed by atoms with van der Waals surface area (Å²) in [7, 11) is 0. The number of pyridine rings is 1. The molecule has 0 fully saturated rings. The number of ether oxygens (including phenoxy) is 1. The molecule has 3 aromatic rings. The molecule has 0 atom stereocenters. The average molecular weight is 335 g/mol. The van der Waals surface area contributed by atoms with Crippen LogP contribution < -0.4 is 11.1 Å². The van der Waals surface area contributed by atoms with Crippen LogP contribution in [-0.4, -0.2) is 16.7 Å². The molecule has 0 saturated heterocycles. The highest BCUT2D eigenvalue weighted by molar-refractivity contribution is 5.93. The molecular weight excluding hydrogens is 314 g/mol. The van der Waals surface area contributed by atoms with Crippen molar-refractivity contribution in [2.75, 3.05) is 11.1 Å². The molecule has 0 bridgehead atoms. The summed E-state index contributed by atoms with van der Waals surface area (Å²) in [5, 5.41) is 3.63. The van der Waals surface area contributed by atoms with Gasteiger partial charge in [0.1, 0.15) is 11.4 Å². The molecule has 1 heterocycles. The summed E-state index contributed by atoms with van der Waals surface area (Å²) in [5.74, 6) is 0.478. The molecular formula is C20H21N3O2. The number of aromatic nitrogens is 1. The summed E-state index contributed by atoms with van der Waals surface area (Å²) in [5.41, 5.74) is 8.84. The summed E-state index contributed by atoms with van der Waals surface area (Å²) in [6.45, 7) is 5.48. The normalized spacial score (nSPS) is 11.3. The standard InChI is InChI=1S/C20H21N3O2/c1-20(2,3)25-19(24)22-15-9-10-17-14(11-15)12-16(18(21)23-17)13-7-5-4-6-8-13/h4-12H,1-3H3,(H2,21,23)(H,22,24). The Bertz CT molecular complexity index is 915. The molecule has 5 heteroatoms. The van der Waals surface area contributed by atoms with Crippen molar-refractivity contribution in [2.45, 2.75) is 26.4 Å². The first-order chi connectivity index (χ1) is 11.8. The van der Waals surface area contributed by atoms with Crippen molar-refractivity contribution in [1.29, 1.82) is 0 Å². The van der Waals surface area contributed by atoms with Crippen molar-refractivity contribution in [3.63, 3.8) is 0 Å². The van der Waals surface area contributed by atoms with Crippen LogP contribution in [-0.2, 0) is 4.74 Å². The second-order valence-electron chi connectivity index (χ2n) is 6.82. The van der Waals surface area contributed by atoms with Crippen molar-refractivity contribution >= 4 is 28.5 Å². The molecule has 0 aliphatic rings. The lowest BCUT2D eigenvalue weighted by Crippen LogP contribution is -2.27. The summed E-state index contributed by atoms with van der Waals surface area (Å²) >= 11 is 0. The van der Waals surface area contributed by atoms with Gasteiger partial charge < -0.3 is 10.5 Å². The van der Waals surface area contributed by atoms with E-state index in [4.69, 9.17) is 10.5 Å². The van der Waals surface area contributed by atoms with Gasteiger partial charge in [0.15, 0.2) is 0 Å². The lowest BCUT2D eigenvalue weighted by atomic mass is 10.0. The van der Waals surface area contributed by atoms with E-state index in [9.17, 15) is 4.79 Å². The third-order valence-corrected chi connectivity index (χ3v) is 3.57. The quantitative estimate of drug-likeness (QED) is 0.703. The maximum atomic E-state index is 11.9. The van der Waals surface area contributed by atoms with Crippen LogP contribution in [0.5, 0.6) is 0 Å². The zero-order valence-electron chi connectivity index (χ0n) is 14.5. The molecule has 0 aliphatic carbocycles. The summed E-state index contributed by atoms with van der Waals surface area (Å²) < 4.78 is 5.28. The molecule has 0 aliphatic heterocycles. The van der Waals surface area contributed by atoms with Crippen LogP contribution in [0.15, 0.2) is 54.6 Å². The molecule has 0 unspecified atom stereocenters. The van der Waals surface area contributed by atoms with Crippen LogP contribution in [0.25, 0.3) is 22.0 Å². The first kappa shape index (κ1) is 16.8. The van der Waals surface area contributed by atoms with E-state index in [2.05, 4.69) is 10.3 Å². The van der Waals surface area contributed by atoms with Crippen molar-refractivity contribution in [3.8, 4) is 11.1 Å². The molecule has 0 radical (unpaired) electrons. The molecule has 25 heavy (non-hydrogen) atoms. The van der Waals surface area contributed by atoms with E-state index in [1.54, 1.807) is 6.07 Å². The third-order valence-electron chi connectivity index (χ3n) is 3.57. The van der Waals surface area contributed by atoms with E-state index in [1.165, 1.54) is 0 Å². The second-order valence-corrected chi connectivity index (χ2v) is 6.82. The minimum absolute atomic E-state index is 0.478. The molecule has 1 aromatic heterocycles. The van der Waals surface area contributed by atoms with Crippen LogP contribution in [0.3, 0.4) is 0 Å². The number of nitrogens with zero attached hydrogens (tertiary/aromatic N) is 1. The van der Waals surface area contributed by atoms with Crippen molar-refractivity contribution in [2.24, 2.45) is 0 Å². The van der Waals surface area contributed by atoms with Gasteiger partial charge in [-0.1, -0.05) is 30.3 Å². The van der Waals surface area contributed by atoms with Crippen LogP contribution in [0.1, 0.15) is 20.8 Å². The fourth-order valence-electron chi connectivity index (χ4n) is 2.54. The Morgan fingerprint density at radius 1 is 1.08 bits per heavy atom. The number of benzene rings is 2. The highest BCUT2D eigenvalue weighted by Gasteiger charge is 2.16. The molecule has 5 nitrogen and oxygen atoms in total. The van der Waals surface area contributed by atoms with Gasteiger partial charge >= 0.3 is 6.09 Å². The zero-order chi connectivity index (χ0) is 18.0. The van der Waals surface area contributed by atoms with Crippen molar-refractivity contribution < 1.29 is 9.53 Å². The first-order valence-corrected chi connectivity index (χ1v) is 8.07. The zero-order valence-corrected chi connectivity index (χ0v) is 14.5. The highest BCUT2D eigenvalue weighted by Crippen LogP contribution is 2.29. The number of anilines is 2. The van der Waals surface area contributed by atoms with Gasteiger partial charge in [0.2, 0.25) is 0 Å². The Labute approximate surface area is 146 Å². The number of carbonyl (C=O) groups excluding carboxylic acids is 1. The SMILES string of the molecule is CC(C)(C)OC(=O)Nc1ccc2nc(N)c(-c3ccccc3)cc2c1. The van der Waals surface area contributed by atoms with Gasteiger partial charge in [-0.3, -0.25) is 5.32 Å². The van der Waals surface area contributed by atoms with Gasteiger partial charge in [0.25, 0.3) is 0 Å².